The van der Waals surface area contributed by atoms with Crippen LogP contribution in [-0.2, 0) is 4.74 Å². The van der Waals surface area contributed by atoms with E-state index in [4.69, 9.17) is 0 Å². The molecular weight excluding hydrogens is 348 g/mol. The molecule has 0 aromatic heterocycles. The summed E-state index contributed by atoms with van der Waals surface area (Å²) in [4.78, 5) is 0. The van der Waals surface area contributed by atoms with Crippen LogP contribution in [-0.4, -0.2) is 19.5 Å². The SMILES string of the molecule is C=C.C=C(CS)C1CCC2C3CCCC(C)(CC)C3CCC12C.CCOC. The molecule has 0 aromatic carbocycles. The van der Waals surface area contributed by atoms with Gasteiger partial charge in [0.1, 0.15) is 0 Å². The van der Waals surface area contributed by atoms with Gasteiger partial charge in [0.05, 0.1) is 0 Å². The molecule has 0 saturated heterocycles. The summed E-state index contributed by atoms with van der Waals surface area (Å²) in [7, 11) is 1.68. The molecule has 0 aromatic rings. The Hall–Kier alpha value is -0.210. The first-order chi connectivity index (χ1) is 12.9. The van der Waals surface area contributed by atoms with Crippen LogP contribution in [0.5, 0.6) is 0 Å². The molecule has 0 aliphatic heterocycles. The van der Waals surface area contributed by atoms with Crippen molar-refractivity contribution >= 4 is 12.6 Å². The van der Waals surface area contributed by atoms with Crippen LogP contribution in [0.4, 0.5) is 0 Å². The average Bonchev–Trinajstić information content (AvgIpc) is 3.07. The summed E-state index contributed by atoms with van der Waals surface area (Å²) >= 11 is 4.52. The molecule has 1 nitrogen and oxygen atoms in total. The molecule has 0 radical (unpaired) electrons. The van der Waals surface area contributed by atoms with E-state index in [0.717, 1.165) is 36.0 Å². The second-order valence-electron chi connectivity index (χ2n) is 9.34. The van der Waals surface area contributed by atoms with Crippen molar-refractivity contribution in [3.8, 4) is 0 Å². The fourth-order valence-corrected chi connectivity index (χ4v) is 6.92. The molecule has 0 bridgehead atoms. The van der Waals surface area contributed by atoms with E-state index in [2.05, 4.69) is 57.9 Å². The van der Waals surface area contributed by atoms with E-state index in [1.807, 2.05) is 6.92 Å². The zero-order chi connectivity index (χ0) is 20.7. The summed E-state index contributed by atoms with van der Waals surface area (Å²) in [6.45, 7) is 20.8. The van der Waals surface area contributed by atoms with Crippen molar-refractivity contribution in [3.63, 3.8) is 0 Å². The van der Waals surface area contributed by atoms with Crippen LogP contribution in [0.3, 0.4) is 0 Å². The maximum atomic E-state index is 4.54. The van der Waals surface area contributed by atoms with Gasteiger partial charge in [0.25, 0.3) is 0 Å². The van der Waals surface area contributed by atoms with Crippen LogP contribution in [0.15, 0.2) is 25.3 Å². The van der Waals surface area contributed by atoms with Crippen LogP contribution < -0.4 is 0 Å². The molecule has 6 atom stereocenters. The lowest BCUT2D eigenvalue weighted by atomic mass is 9.48. The van der Waals surface area contributed by atoms with Crippen LogP contribution in [0.25, 0.3) is 0 Å². The smallest absolute Gasteiger partial charge is 0.0433 e. The molecule has 3 rings (SSSR count). The van der Waals surface area contributed by atoms with Gasteiger partial charge in [-0.3, -0.25) is 0 Å². The lowest BCUT2D eigenvalue weighted by Crippen LogP contribution is -2.48. The summed E-state index contributed by atoms with van der Waals surface area (Å²) in [6.07, 6.45) is 11.6. The van der Waals surface area contributed by atoms with Crippen LogP contribution in [0.2, 0.25) is 0 Å². The third kappa shape index (κ3) is 5.04. The van der Waals surface area contributed by atoms with E-state index in [0.29, 0.717) is 10.8 Å². The topological polar surface area (TPSA) is 9.23 Å². The molecule has 3 aliphatic rings. The molecule has 2 heteroatoms. The van der Waals surface area contributed by atoms with Crippen LogP contribution in [0, 0.1) is 34.5 Å². The number of thiol groups is 1. The van der Waals surface area contributed by atoms with Gasteiger partial charge in [-0.25, -0.2) is 0 Å². The third-order valence-electron chi connectivity index (χ3n) is 8.41. The number of hydrogen-bond donors (Lipinski definition) is 1. The zero-order valence-corrected chi connectivity index (χ0v) is 19.8. The van der Waals surface area contributed by atoms with Crippen molar-refractivity contribution in [2.45, 2.75) is 79.1 Å². The normalized spacial score (nSPS) is 39.8. The highest BCUT2D eigenvalue weighted by Gasteiger charge is 2.57. The van der Waals surface area contributed by atoms with Crippen LogP contribution >= 0.6 is 12.6 Å². The molecule has 6 unspecified atom stereocenters. The Labute approximate surface area is 175 Å². The van der Waals surface area contributed by atoms with E-state index in [-0.39, 0.29) is 0 Å². The van der Waals surface area contributed by atoms with Crippen molar-refractivity contribution < 1.29 is 4.74 Å². The molecule has 0 N–H and O–H groups in total. The molecule has 3 saturated carbocycles. The molecule has 0 spiro atoms. The average molecular weight is 395 g/mol. The van der Waals surface area contributed by atoms with Gasteiger partial charge in [-0.15, -0.1) is 13.2 Å². The van der Waals surface area contributed by atoms with Gasteiger partial charge in [-0.2, -0.15) is 12.6 Å². The number of fused-ring (bicyclic) bond motifs is 3. The van der Waals surface area contributed by atoms with Crippen molar-refractivity contribution in [1.29, 1.82) is 0 Å². The Morgan fingerprint density at radius 2 is 1.67 bits per heavy atom. The van der Waals surface area contributed by atoms with Crippen molar-refractivity contribution in [2.75, 3.05) is 19.5 Å². The number of ether oxygens (including phenoxy) is 1. The predicted molar refractivity (Wildman–Crippen MR) is 125 cm³/mol. The lowest BCUT2D eigenvalue weighted by molar-refractivity contribution is -0.0654. The third-order valence-corrected chi connectivity index (χ3v) is 8.82. The maximum absolute atomic E-state index is 4.54. The fourth-order valence-electron chi connectivity index (χ4n) is 6.70. The monoisotopic (exact) mass is 394 g/mol. The molecule has 3 aliphatic carbocycles. The number of hydrogen-bond acceptors (Lipinski definition) is 2. The van der Waals surface area contributed by atoms with Gasteiger partial charge < -0.3 is 4.74 Å². The van der Waals surface area contributed by atoms with Gasteiger partial charge >= 0.3 is 0 Å². The highest BCUT2D eigenvalue weighted by molar-refractivity contribution is 7.80. The van der Waals surface area contributed by atoms with E-state index >= 15 is 0 Å². The summed E-state index contributed by atoms with van der Waals surface area (Å²) < 4.78 is 4.54. The summed E-state index contributed by atoms with van der Waals surface area (Å²) in [5, 5.41) is 0. The zero-order valence-electron chi connectivity index (χ0n) is 18.9. The van der Waals surface area contributed by atoms with Gasteiger partial charge in [-0.05, 0) is 80.0 Å². The quantitative estimate of drug-likeness (QED) is 0.382. The number of methoxy groups -OCH3 is 1. The first-order valence-corrected chi connectivity index (χ1v) is 11.8. The second kappa shape index (κ2) is 11.1. The summed E-state index contributed by atoms with van der Waals surface area (Å²) in [5.41, 5.74) is 2.58. The number of rotatable bonds is 4. The predicted octanol–water partition coefficient (Wildman–Crippen LogP) is 7.59. The summed E-state index contributed by atoms with van der Waals surface area (Å²) in [6, 6.07) is 0. The minimum absolute atomic E-state index is 0.535. The van der Waals surface area contributed by atoms with E-state index in [1.165, 1.54) is 56.9 Å². The standard InChI is InChI=1S/C20H34S.C3H8O.C2H4/c1-5-19(3)11-6-7-15-17(19)10-12-20(4)16(14(2)13-21)8-9-18(15)20;1-3-4-2;1-2/h15-18,21H,2,5-13H2,1,3-4H3;3H2,1-2H3;1-2H2. The molecule has 0 amide bonds. The van der Waals surface area contributed by atoms with Crippen molar-refractivity contribution in [1.82, 2.24) is 0 Å². The van der Waals surface area contributed by atoms with E-state index in [9.17, 15) is 0 Å². The largest absolute Gasteiger partial charge is 0.385 e. The van der Waals surface area contributed by atoms with Gasteiger partial charge in [0.15, 0.2) is 0 Å². The molecule has 0 heterocycles. The van der Waals surface area contributed by atoms with Crippen molar-refractivity contribution in [2.24, 2.45) is 34.5 Å². The second-order valence-corrected chi connectivity index (χ2v) is 9.66. The van der Waals surface area contributed by atoms with E-state index < -0.39 is 0 Å². The molecule has 27 heavy (non-hydrogen) atoms. The Morgan fingerprint density at radius 1 is 1.04 bits per heavy atom. The fraction of sp³-hybridized carbons (Fsp3) is 0.840. The minimum Gasteiger partial charge on any atom is -0.385 e. The van der Waals surface area contributed by atoms with Crippen LogP contribution in [0.1, 0.15) is 79.1 Å². The first-order valence-electron chi connectivity index (χ1n) is 11.1. The Kier molecular flexibility index (Phi) is 10.2. The Balaban J connectivity index is 0.000000541. The van der Waals surface area contributed by atoms with Crippen molar-refractivity contribution in [3.05, 3.63) is 25.3 Å². The van der Waals surface area contributed by atoms with Gasteiger partial charge in [0, 0.05) is 19.5 Å². The molecular formula is C25H46OS. The van der Waals surface area contributed by atoms with Gasteiger partial charge in [0.2, 0.25) is 0 Å². The summed E-state index contributed by atoms with van der Waals surface area (Å²) in [5.74, 6) is 4.59. The van der Waals surface area contributed by atoms with Gasteiger partial charge in [-0.1, -0.05) is 45.8 Å². The minimum atomic E-state index is 0.535. The highest BCUT2D eigenvalue weighted by atomic mass is 32.1. The Morgan fingerprint density at radius 3 is 2.19 bits per heavy atom. The Bertz CT molecular complexity index is 459. The maximum Gasteiger partial charge on any atom is 0.0433 e. The van der Waals surface area contributed by atoms with E-state index in [1.54, 1.807) is 7.11 Å². The lowest BCUT2D eigenvalue weighted by Gasteiger charge is -2.56. The molecule has 158 valence electrons. The first kappa shape index (κ1) is 24.8. The molecule has 3 fully saturated rings. The highest BCUT2D eigenvalue weighted by Crippen LogP contribution is 2.65.